The van der Waals surface area contributed by atoms with Crippen LogP contribution in [0.5, 0.6) is 0 Å². The topological polar surface area (TPSA) is 111 Å². The van der Waals surface area contributed by atoms with Gasteiger partial charge in [-0.1, -0.05) is 55.5 Å². The van der Waals surface area contributed by atoms with Crippen LogP contribution in [0.2, 0.25) is 0 Å². The number of fused-ring (bicyclic) bond motifs is 1. The molecule has 174 valence electrons. The first-order valence-electron chi connectivity index (χ1n) is 11.5. The third kappa shape index (κ3) is 4.10. The highest BCUT2D eigenvalue weighted by molar-refractivity contribution is 5.80. The van der Waals surface area contributed by atoms with Crippen LogP contribution in [0.4, 0.5) is 0 Å². The van der Waals surface area contributed by atoms with Gasteiger partial charge in [0.2, 0.25) is 5.82 Å². The predicted octanol–water partition coefficient (Wildman–Crippen LogP) is 3.09. The first-order valence-corrected chi connectivity index (χ1v) is 11.5. The summed E-state index contributed by atoms with van der Waals surface area (Å²) in [6.45, 7) is 3.49. The minimum absolute atomic E-state index is 0.279. The zero-order chi connectivity index (χ0) is 23.5. The summed E-state index contributed by atoms with van der Waals surface area (Å²) < 4.78 is 7.26. The van der Waals surface area contributed by atoms with Crippen molar-refractivity contribution in [1.29, 1.82) is 0 Å². The quantitative estimate of drug-likeness (QED) is 0.410. The van der Waals surface area contributed by atoms with E-state index < -0.39 is 6.04 Å². The van der Waals surface area contributed by atoms with E-state index in [-0.39, 0.29) is 5.97 Å². The summed E-state index contributed by atoms with van der Waals surface area (Å²) in [4.78, 5) is 17.4. The monoisotopic (exact) mass is 457 g/mol. The van der Waals surface area contributed by atoms with Crippen LogP contribution in [0, 0.1) is 0 Å². The Morgan fingerprint density at radius 2 is 1.94 bits per heavy atom. The number of ether oxygens (including phenoxy) is 1. The van der Waals surface area contributed by atoms with Crippen molar-refractivity contribution in [2.75, 3.05) is 13.7 Å². The van der Waals surface area contributed by atoms with Crippen molar-refractivity contribution in [1.82, 2.24) is 35.5 Å². The summed E-state index contributed by atoms with van der Waals surface area (Å²) in [6.07, 6.45) is 2.65. The fourth-order valence-corrected chi connectivity index (χ4v) is 4.59. The number of esters is 1. The third-order valence-electron chi connectivity index (χ3n) is 6.18. The van der Waals surface area contributed by atoms with E-state index in [4.69, 9.17) is 9.72 Å². The zero-order valence-corrected chi connectivity index (χ0v) is 19.3. The Kier molecular flexibility index (Phi) is 6.18. The minimum atomic E-state index is -0.493. The lowest BCUT2D eigenvalue weighted by Gasteiger charge is -2.24. The molecule has 3 heterocycles. The number of rotatable bonds is 7. The van der Waals surface area contributed by atoms with Crippen LogP contribution in [0.25, 0.3) is 22.5 Å². The number of H-pyrrole nitrogens is 1. The van der Waals surface area contributed by atoms with Crippen molar-refractivity contribution in [2.24, 2.45) is 0 Å². The third-order valence-corrected chi connectivity index (χ3v) is 6.18. The SMILES string of the molecule is CCCc1nc2c(n1Cc1ccc(-c3ccccc3-c3nn[nH]n3)cc1)C(C(=O)OC)NCC2. The molecule has 2 aromatic carbocycles. The molecule has 1 aliphatic rings. The maximum atomic E-state index is 12.5. The van der Waals surface area contributed by atoms with Crippen molar-refractivity contribution in [3.8, 4) is 22.5 Å². The van der Waals surface area contributed by atoms with Crippen molar-refractivity contribution in [2.45, 2.75) is 38.8 Å². The molecule has 5 rings (SSSR count). The number of tetrazole rings is 1. The van der Waals surface area contributed by atoms with Gasteiger partial charge in [0.25, 0.3) is 0 Å². The van der Waals surface area contributed by atoms with E-state index in [0.29, 0.717) is 18.9 Å². The number of carbonyl (C=O) groups is 1. The van der Waals surface area contributed by atoms with Gasteiger partial charge in [0.15, 0.2) is 0 Å². The summed E-state index contributed by atoms with van der Waals surface area (Å²) in [7, 11) is 1.43. The highest BCUT2D eigenvalue weighted by Gasteiger charge is 2.33. The minimum Gasteiger partial charge on any atom is -0.468 e. The lowest BCUT2D eigenvalue weighted by atomic mass is 9.98. The Bertz CT molecular complexity index is 1280. The van der Waals surface area contributed by atoms with E-state index in [9.17, 15) is 4.79 Å². The van der Waals surface area contributed by atoms with Gasteiger partial charge in [0.05, 0.1) is 18.5 Å². The number of methoxy groups -OCH3 is 1. The molecular weight excluding hydrogens is 430 g/mol. The largest absolute Gasteiger partial charge is 0.468 e. The molecule has 0 bridgehead atoms. The van der Waals surface area contributed by atoms with Crippen molar-refractivity contribution >= 4 is 5.97 Å². The number of hydrogen-bond acceptors (Lipinski definition) is 7. The molecule has 1 atom stereocenters. The van der Waals surface area contributed by atoms with Gasteiger partial charge in [-0.2, -0.15) is 5.21 Å². The molecule has 0 saturated heterocycles. The van der Waals surface area contributed by atoms with Crippen molar-refractivity contribution in [3.05, 3.63) is 71.3 Å². The van der Waals surface area contributed by atoms with Crippen molar-refractivity contribution < 1.29 is 9.53 Å². The van der Waals surface area contributed by atoms with Gasteiger partial charge in [-0.15, -0.1) is 10.2 Å². The second-order valence-electron chi connectivity index (χ2n) is 8.33. The molecular formula is C25H27N7O2. The van der Waals surface area contributed by atoms with Gasteiger partial charge >= 0.3 is 5.97 Å². The van der Waals surface area contributed by atoms with Crippen LogP contribution < -0.4 is 5.32 Å². The molecule has 1 aliphatic heterocycles. The van der Waals surface area contributed by atoms with Gasteiger partial charge in [-0.05, 0) is 28.3 Å². The second-order valence-corrected chi connectivity index (χ2v) is 8.33. The molecule has 2 N–H and O–H groups in total. The summed E-state index contributed by atoms with van der Waals surface area (Å²) in [5.41, 5.74) is 6.07. The molecule has 1 unspecified atom stereocenters. The number of hydrogen-bond donors (Lipinski definition) is 2. The highest BCUT2D eigenvalue weighted by Crippen LogP contribution is 2.31. The molecule has 34 heavy (non-hydrogen) atoms. The first kappa shape index (κ1) is 22.0. The number of imidazole rings is 1. The number of carbonyl (C=O) groups excluding carboxylic acids is 1. The molecule has 0 aliphatic carbocycles. The number of aromatic amines is 1. The Labute approximate surface area is 197 Å². The van der Waals surface area contributed by atoms with Gasteiger partial charge in [-0.25, -0.2) is 9.78 Å². The molecule has 0 spiro atoms. The van der Waals surface area contributed by atoms with Crippen LogP contribution >= 0.6 is 0 Å². The lowest BCUT2D eigenvalue weighted by molar-refractivity contribution is -0.143. The number of nitrogens with one attached hydrogen (secondary N) is 2. The summed E-state index contributed by atoms with van der Waals surface area (Å²) in [5.74, 6) is 1.30. The fraction of sp³-hybridized carbons (Fsp3) is 0.320. The van der Waals surface area contributed by atoms with Crippen LogP contribution in [-0.2, 0) is 28.9 Å². The number of aryl methyl sites for hydroxylation is 1. The standard InChI is InChI=1S/C25H27N7O2/c1-3-6-21-27-20-13-14-26-22(25(33)34-2)23(20)32(21)15-16-9-11-17(12-10-16)18-7-4-5-8-19(18)24-28-30-31-29-24/h4-5,7-12,22,26H,3,6,13-15H2,1-2H3,(H,28,29,30,31). The number of benzene rings is 2. The molecule has 9 heteroatoms. The van der Waals surface area contributed by atoms with E-state index in [2.05, 4.69) is 67.8 Å². The smallest absolute Gasteiger partial charge is 0.329 e. The lowest BCUT2D eigenvalue weighted by Crippen LogP contribution is -2.37. The summed E-state index contributed by atoms with van der Waals surface area (Å²) in [6, 6.07) is 16.0. The predicted molar refractivity (Wildman–Crippen MR) is 127 cm³/mol. The van der Waals surface area contributed by atoms with E-state index in [1.165, 1.54) is 7.11 Å². The molecule has 0 amide bonds. The second kappa shape index (κ2) is 9.56. The normalized spacial score (nSPS) is 15.2. The van der Waals surface area contributed by atoms with E-state index in [0.717, 1.165) is 58.7 Å². The van der Waals surface area contributed by atoms with Gasteiger partial charge < -0.3 is 9.30 Å². The maximum Gasteiger partial charge on any atom is 0.329 e. The van der Waals surface area contributed by atoms with Crippen LogP contribution in [0.1, 0.15) is 42.2 Å². The van der Waals surface area contributed by atoms with E-state index >= 15 is 0 Å². The molecule has 9 nitrogen and oxygen atoms in total. The molecule has 0 fully saturated rings. The Balaban J connectivity index is 1.48. The molecule has 0 radical (unpaired) electrons. The Hall–Kier alpha value is -3.85. The first-order chi connectivity index (χ1) is 16.7. The van der Waals surface area contributed by atoms with Crippen LogP contribution in [0.3, 0.4) is 0 Å². The average molecular weight is 458 g/mol. The number of aromatic nitrogens is 6. The Morgan fingerprint density at radius 1 is 1.15 bits per heavy atom. The summed E-state index contributed by atoms with van der Waals surface area (Å²) in [5, 5.41) is 17.8. The summed E-state index contributed by atoms with van der Waals surface area (Å²) >= 11 is 0. The van der Waals surface area contributed by atoms with Gasteiger partial charge in [0, 0.05) is 31.5 Å². The molecule has 4 aromatic rings. The van der Waals surface area contributed by atoms with Gasteiger partial charge in [0.1, 0.15) is 11.9 Å². The van der Waals surface area contributed by atoms with Crippen LogP contribution in [0.15, 0.2) is 48.5 Å². The average Bonchev–Trinajstić information content (AvgIpc) is 3.53. The molecule has 0 saturated carbocycles. The van der Waals surface area contributed by atoms with Crippen LogP contribution in [-0.4, -0.2) is 49.8 Å². The van der Waals surface area contributed by atoms with E-state index in [1.807, 2.05) is 18.2 Å². The highest BCUT2D eigenvalue weighted by atomic mass is 16.5. The van der Waals surface area contributed by atoms with E-state index in [1.54, 1.807) is 0 Å². The zero-order valence-electron chi connectivity index (χ0n) is 19.3. The number of nitrogens with zero attached hydrogens (tertiary/aromatic N) is 5. The fourth-order valence-electron chi connectivity index (χ4n) is 4.59. The van der Waals surface area contributed by atoms with Crippen molar-refractivity contribution in [3.63, 3.8) is 0 Å². The maximum absolute atomic E-state index is 12.5. The molecule has 2 aromatic heterocycles. The Morgan fingerprint density at radius 3 is 2.65 bits per heavy atom. The van der Waals surface area contributed by atoms with Gasteiger partial charge in [-0.3, -0.25) is 5.32 Å².